The summed E-state index contributed by atoms with van der Waals surface area (Å²) in [6.07, 6.45) is 5.22. The molecule has 0 aromatic carbocycles. The maximum atomic E-state index is 5.79. The number of likely N-dealkylation sites (tertiary alicyclic amines) is 1. The molecule has 2 heterocycles. The van der Waals surface area contributed by atoms with E-state index in [9.17, 15) is 0 Å². The van der Waals surface area contributed by atoms with Crippen LogP contribution in [0.15, 0.2) is 0 Å². The number of piperidine rings is 1. The van der Waals surface area contributed by atoms with E-state index in [4.69, 9.17) is 10.5 Å². The molecule has 94 valence electrons. The zero-order chi connectivity index (χ0) is 11.4. The number of nitrogens with zero attached hydrogens (tertiary/aromatic N) is 1. The number of ether oxygens (including phenoxy) is 1. The van der Waals surface area contributed by atoms with Gasteiger partial charge in [0.05, 0.1) is 6.61 Å². The minimum Gasteiger partial charge on any atom is -0.381 e. The van der Waals surface area contributed by atoms with E-state index >= 15 is 0 Å². The van der Waals surface area contributed by atoms with Gasteiger partial charge < -0.3 is 10.5 Å². The highest BCUT2D eigenvalue weighted by molar-refractivity contribution is 4.81. The van der Waals surface area contributed by atoms with Gasteiger partial charge in [0.1, 0.15) is 0 Å². The largest absolute Gasteiger partial charge is 0.381 e. The lowest BCUT2D eigenvalue weighted by Gasteiger charge is -2.40. The molecule has 0 amide bonds. The van der Waals surface area contributed by atoms with E-state index in [0.29, 0.717) is 0 Å². The third kappa shape index (κ3) is 3.19. The van der Waals surface area contributed by atoms with Crippen LogP contribution in [0.5, 0.6) is 0 Å². The molecule has 2 fully saturated rings. The first-order valence-electron chi connectivity index (χ1n) is 6.81. The van der Waals surface area contributed by atoms with Crippen LogP contribution < -0.4 is 5.73 Å². The smallest absolute Gasteiger partial charge is 0.0506 e. The molecule has 3 atom stereocenters. The maximum absolute atomic E-state index is 5.79. The molecule has 16 heavy (non-hydrogen) atoms. The first kappa shape index (κ1) is 12.3. The minimum absolute atomic E-state index is 0.723. The van der Waals surface area contributed by atoms with Crippen LogP contribution in [0.4, 0.5) is 0 Å². The molecule has 0 spiro atoms. The Labute approximate surface area is 99.3 Å². The van der Waals surface area contributed by atoms with E-state index < -0.39 is 0 Å². The van der Waals surface area contributed by atoms with Gasteiger partial charge in [-0.1, -0.05) is 0 Å². The first-order valence-corrected chi connectivity index (χ1v) is 6.81. The summed E-state index contributed by atoms with van der Waals surface area (Å²) in [6.45, 7) is 7.57. The van der Waals surface area contributed by atoms with Crippen molar-refractivity contribution < 1.29 is 4.74 Å². The van der Waals surface area contributed by atoms with Crippen LogP contribution in [0.25, 0.3) is 0 Å². The Morgan fingerprint density at radius 2 is 2.12 bits per heavy atom. The second-order valence-corrected chi connectivity index (χ2v) is 5.57. The summed E-state index contributed by atoms with van der Waals surface area (Å²) in [5, 5.41) is 0. The van der Waals surface area contributed by atoms with E-state index in [2.05, 4.69) is 11.8 Å². The van der Waals surface area contributed by atoms with Gasteiger partial charge in [0.25, 0.3) is 0 Å². The second-order valence-electron chi connectivity index (χ2n) is 5.57. The summed E-state index contributed by atoms with van der Waals surface area (Å²) in [6, 6.07) is 0.740. The van der Waals surface area contributed by atoms with Gasteiger partial charge in [-0.15, -0.1) is 0 Å². The van der Waals surface area contributed by atoms with E-state index in [1.165, 1.54) is 38.8 Å². The summed E-state index contributed by atoms with van der Waals surface area (Å²) in [4.78, 5) is 2.64. The topological polar surface area (TPSA) is 38.5 Å². The Hall–Kier alpha value is -0.120. The van der Waals surface area contributed by atoms with E-state index in [1.54, 1.807) is 0 Å². The molecule has 3 nitrogen and oxygen atoms in total. The minimum atomic E-state index is 0.723. The molecular formula is C13H26N2O. The maximum Gasteiger partial charge on any atom is 0.0506 e. The molecule has 3 heteroatoms. The van der Waals surface area contributed by atoms with Crippen molar-refractivity contribution in [2.75, 3.05) is 32.8 Å². The Morgan fingerprint density at radius 1 is 1.25 bits per heavy atom. The van der Waals surface area contributed by atoms with Crippen molar-refractivity contribution in [3.05, 3.63) is 0 Å². The fourth-order valence-corrected chi connectivity index (χ4v) is 2.99. The van der Waals surface area contributed by atoms with Gasteiger partial charge in [-0.05, 0) is 51.0 Å². The van der Waals surface area contributed by atoms with Crippen molar-refractivity contribution in [1.29, 1.82) is 0 Å². The molecule has 2 aliphatic heterocycles. The van der Waals surface area contributed by atoms with Crippen LogP contribution in [0, 0.1) is 11.8 Å². The van der Waals surface area contributed by atoms with Gasteiger partial charge in [0, 0.05) is 25.7 Å². The molecule has 2 aliphatic rings. The van der Waals surface area contributed by atoms with Gasteiger partial charge in [-0.2, -0.15) is 0 Å². The third-order valence-corrected chi connectivity index (χ3v) is 4.19. The van der Waals surface area contributed by atoms with E-state index in [0.717, 1.165) is 37.6 Å². The van der Waals surface area contributed by atoms with E-state index in [-0.39, 0.29) is 0 Å². The molecule has 2 saturated heterocycles. The van der Waals surface area contributed by atoms with Crippen LogP contribution in [0.3, 0.4) is 0 Å². The molecule has 2 N–H and O–H groups in total. The molecular weight excluding hydrogens is 200 g/mol. The standard InChI is InChI=1S/C13H26N2O/c1-11-4-5-12(7-14)8-15(11)9-13-3-2-6-16-10-13/h11-13H,2-10,14H2,1H3. The highest BCUT2D eigenvalue weighted by atomic mass is 16.5. The number of hydrogen-bond donors (Lipinski definition) is 1. The molecule has 0 aromatic rings. The highest BCUT2D eigenvalue weighted by Gasteiger charge is 2.27. The summed E-state index contributed by atoms with van der Waals surface area (Å²) in [7, 11) is 0. The molecule has 0 aliphatic carbocycles. The molecule has 3 unspecified atom stereocenters. The van der Waals surface area contributed by atoms with Crippen molar-refractivity contribution in [3.8, 4) is 0 Å². The molecule has 0 radical (unpaired) electrons. The Morgan fingerprint density at radius 3 is 2.81 bits per heavy atom. The van der Waals surface area contributed by atoms with Gasteiger partial charge in [-0.25, -0.2) is 0 Å². The number of rotatable bonds is 3. The fourth-order valence-electron chi connectivity index (χ4n) is 2.99. The van der Waals surface area contributed by atoms with Crippen molar-refractivity contribution in [2.24, 2.45) is 17.6 Å². The second kappa shape index (κ2) is 5.99. The summed E-state index contributed by atoms with van der Waals surface area (Å²) in [5.74, 6) is 1.48. The molecule has 0 bridgehead atoms. The summed E-state index contributed by atoms with van der Waals surface area (Å²) >= 11 is 0. The SMILES string of the molecule is CC1CCC(CN)CN1CC1CCCOC1. The van der Waals surface area contributed by atoms with Crippen LogP contribution in [-0.2, 0) is 4.74 Å². The Kier molecular flexibility index (Phi) is 4.62. The average Bonchev–Trinajstić information content (AvgIpc) is 2.33. The predicted molar refractivity (Wildman–Crippen MR) is 66.4 cm³/mol. The Balaban J connectivity index is 1.81. The lowest BCUT2D eigenvalue weighted by atomic mass is 9.91. The van der Waals surface area contributed by atoms with Gasteiger partial charge >= 0.3 is 0 Å². The zero-order valence-corrected chi connectivity index (χ0v) is 10.5. The van der Waals surface area contributed by atoms with Gasteiger partial charge in [0.2, 0.25) is 0 Å². The van der Waals surface area contributed by atoms with Crippen molar-refractivity contribution in [2.45, 2.75) is 38.6 Å². The quantitative estimate of drug-likeness (QED) is 0.792. The van der Waals surface area contributed by atoms with Crippen molar-refractivity contribution in [3.63, 3.8) is 0 Å². The lowest BCUT2D eigenvalue weighted by Crippen LogP contribution is -2.46. The highest BCUT2D eigenvalue weighted by Crippen LogP contribution is 2.24. The monoisotopic (exact) mass is 226 g/mol. The first-order chi connectivity index (χ1) is 7.79. The average molecular weight is 226 g/mol. The normalized spacial score (nSPS) is 37.5. The van der Waals surface area contributed by atoms with E-state index in [1.807, 2.05) is 0 Å². The van der Waals surface area contributed by atoms with Gasteiger partial charge in [-0.3, -0.25) is 4.90 Å². The van der Waals surface area contributed by atoms with Crippen molar-refractivity contribution >= 4 is 0 Å². The zero-order valence-electron chi connectivity index (χ0n) is 10.5. The molecule has 0 saturated carbocycles. The van der Waals surface area contributed by atoms with Crippen LogP contribution in [0.2, 0.25) is 0 Å². The van der Waals surface area contributed by atoms with Gasteiger partial charge in [0.15, 0.2) is 0 Å². The predicted octanol–water partition coefficient (Wildman–Crippen LogP) is 1.47. The number of hydrogen-bond acceptors (Lipinski definition) is 3. The summed E-state index contributed by atoms with van der Waals surface area (Å²) < 4.78 is 5.56. The van der Waals surface area contributed by atoms with Crippen LogP contribution in [-0.4, -0.2) is 43.8 Å². The fraction of sp³-hybridized carbons (Fsp3) is 1.00. The van der Waals surface area contributed by atoms with Crippen molar-refractivity contribution in [1.82, 2.24) is 4.90 Å². The molecule has 2 rings (SSSR count). The Bertz CT molecular complexity index is 204. The summed E-state index contributed by atoms with van der Waals surface area (Å²) in [5.41, 5.74) is 5.79. The number of nitrogens with two attached hydrogens (primary N) is 1. The van der Waals surface area contributed by atoms with Crippen LogP contribution >= 0.6 is 0 Å². The van der Waals surface area contributed by atoms with Crippen LogP contribution in [0.1, 0.15) is 32.6 Å². The third-order valence-electron chi connectivity index (χ3n) is 4.19. The molecule has 0 aromatic heterocycles. The lowest BCUT2D eigenvalue weighted by molar-refractivity contribution is 0.0199.